The lowest BCUT2D eigenvalue weighted by Crippen LogP contribution is -2.50. The average molecular weight is 333 g/mol. The Morgan fingerprint density at radius 3 is 2.29 bits per heavy atom. The van der Waals surface area contributed by atoms with Crippen LogP contribution in [0.5, 0.6) is 5.75 Å². The summed E-state index contributed by atoms with van der Waals surface area (Å²) in [5.41, 5.74) is 0.416. The van der Waals surface area contributed by atoms with Crippen molar-refractivity contribution < 1.29 is 19.8 Å². The number of phenolic OH excluding ortho intramolecular Hbond substituents is 1. The number of hydrogen-bond donors (Lipinski definition) is 3. The molecule has 24 heavy (non-hydrogen) atoms. The molecule has 132 valence electrons. The third kappa shape index (κ3) is 4.98. The third-order valence-corrected chi connectivity index (χ3v) is 4.71. The summed E-state index contributed by atoms with van der Waals surface area (Å²) in [4.78, 5) is 24.2. The zero-order chi connectivity index (χ0) is 17.7. The first-order chi connectivity index (χ1) is 11.3. The van der Waals surface area contributed by atoms with Gasteiger partial charge in [0.25, 0.3) is 0 Å². The number of aliphatic carboxylic acids is 1. The van der Waals surface area contributed by atoms with Gasteiger partial charge < -0.3 is 15.5 Å². The fourth-order valence-electron chi connectivity index (χ4n) is 3.57. The van der Waals surface area contributed by atoms with Crippen LogP contribution in [-0.4, -0.2) is 27.6 Å². The average Bonchev–Trinajstić information content (AvgIpc) is 2.49. The quantitative estimate of drug-likeness (QED) is 0.698. The van der Waals surface area contributed by atoms with Crippen LogP contribution >= 0.6 is 0 Å². The number of carboxylic acids is 1. The van der Waals surface area contributed by atoms with Gasteiger partial charge in [0.05, 0.1) is 0 Å². The second-order valence-corrected chi connectivity index (χ2v) is 7.43. The molecule has 0 radical (unpaired) electrons. The molecule has 5 nitrogen and oxygen atoms in total. The van der Waals surface area contributed by atoms with E-state index in [9.17, 15) is 19.8 Å². The number of nitrogens with one attached hydrogen (secondary N) is 1. The van der Waals surface area contributed by atoms with Crippen molar-refractivity contribution in [1.82, 2.24) is 5.32 Å². The van der Waals surface area contributed by atoms with Gasteiger partial charge in [-0.25, -0.2) is 0 Å². The normalized spacial score (nSPS) is 17.2. The zero-order valence-corrected chi connectivity index (χ0v) is 14.4. The fraction of sp³-hybridized carbons (Fsp3) is 0.579. The molecule has 0 saturated heterocycles. The van der Waals surface area contributed by atoms with Crippen molar-refractivity contribution in [3.05, 3.63) is 29.8 Å². The molecule has 1 aliphatic carbocycles. The van der Waals surface area contributed by atoms with Gasteiger partial charge in [-0.3, -0.25) is 9.59 Å². The van der Waals surface area contributed by atoms with Gasteiger partial charge in [0, 0.05) is 5.54 Å². The molecule has 1 saturated carbocycles. The molecule has 3 N–H and O–H groups in total. The van der Waals surface area contributed by atoms with E-state index >= 15 is 0 Å². The monoisotopic (exact) mass is 333 g/mol. The van der Waals surface area contributed by atoms with E-state index in [1.54, 1.807) is 24.3 Å². The summed E-state index contributed by atoms with van der Waals surface area (Å²) in [7, 11) is 0. The molecule has 1 aromatic carbocycles. The molecule has 0 aliphatic heterocycles. The highest BCUT2D eigenvalue weighted by molar-refractivity contribution is 5.97. The van der Waals surface area contributed by atoms with E-state index in [4.69, 9.17) is 0 Å². The molecule has 0 heterocycles. The number of carbonyl (C=O) groups excluding carboxylic acids is 1. The summed E-state index contributed by atoms with van der Waals surface area (Å²) in [6.07, 6.45) is 5.30. The predicted molar refractivity (Wildman–Crippen MR) is 91.7 cm³/mol. The standard InChI is InChI=1S/C19H27NO4/c1-19(2,12-13-8-10-15(21)11-9-13)20-17(22)16(18(23)24)14-6-4-3-5-7-14/h8-11,14,16,21H,3-7,12H2,1-2H3,(H,20,22)(H,23,24). The number of phenols is 1. The molecule has 1 aromatic rings. The first-order valence-electron chi connectivity index (χ1n) is 8.61. The molecular weight excluding hydrogens is 306 g/mol. The van der Waals surface area contributed by atoms with Gasteiger partial charge in [-0.1, -0.05) is 31.4 Å². The lowest BCUT2D eigenvalue weighted by Gasteiger charge is -2.32. The summed E-state index contributed by atoms with van der Waals surface area (Å²) < 4.78 is 0. The lowest BCUT2D eigenvalue weighted by molar-refractivity contribution is -0.150. The Balaban J connectivity index is 2.03. The van der Waals surface area contributed by atoms with Crippen molar-refractivity contribution in [3.63, 3.8) is 0 Å². The smallest absolute Gasteiger partial charge is 0.316 e. The number of amides is 1. The summed E-state index contributed by atoms with van der Waals surface area (Å²) in [5, 5.41) is 21.8. The summed E-state index contributed by atoms with van der Waals surface area (Å²) >= 11 is 0. The third-order valence-electron chi connectivity index (χ3n) is 4.71. The van der Waals surface area contributed by atoms with Crippen LogP contribution in [0.25, 0.3) is 0 Å². The van der Waals surface area contributed by atoms with E-state index in [1.165, 1.54) is 0 Å². The minimum atomic E-state index is -1.03. The van der Waals surface area contributed by atoms with Crippen molar-refractivity contribution in [1.29, 1.82) is 0 Å². The van der Waals surface area contributed by atoms with E-state index in [1.807, 2.05) is 13.8 Å². The summed E-state index contributed by atoms with van der Waals surface area (Å²) in [5.74, 6) is -2.26. The Morgan fingerprint density at radius 1 is 1.17 bits per heavy atom. The van der Waals surface area contributed by atoms with Crippen molar-refractivity contribution in [3.8, 4) is 5.75 Å². The Hall–Kier alpha value is -2.04. The van der Waals surface area contributed by atoms with E-state index in [0.29, 0.717) is 6.42 Å². The van der Waals surface area contributed by atoms with Crippen LogP contribution in [-0.2, 0) is 16.0 Å². The van der Waals surface area contributed by atoms with Crippen molar-refractivity contribution >= 4 is 11.9 Å². The highest BCUT2D eigenvalue weighted by Gasteiger charge is 2.37. The number of carbonyl (C=O) groups is 2. The molecule has 1 atom stereocenters. The maximum atomic E-state index is 12.6. The van der Waals surface area contributed by atoms with Gasteiger partial charge in [0.2, 0.25) is 5.91 Å². The molecule has 0 bridgehead atoms. The SMILES string of the molecule is CC(C)(Cc1ccc(O)cc1)NC(=O)C(C(=O)O)C1CCCCC1. The number of aromatic hydroxyl groups is 1. The van der Waals surface area contributed by atoms with E-state index in [0.717, 1.165) is 37.7 Å². The van der Waals surface area contributed by atoms with Crippen LogP contribution in [0.2, 0.25) is 0 Å². The van der Waals surface area contributed by atoms with Crippen LogP contribution in [0.3, 0.4) is 0 Å². The minimum Gasteiger partial charge on any atom is -0.508 e. The topological polar surface area (TPSA) is 86.6 Å². The van der Waals surface area contributed by atoms with Gasteiger partial charge in [-0.2, -0.15) is 0 Å². The highest BCUT2D eigenvalue weighted by Crippen LogP contribution is 2.31. The van der Waals surface area contributed by atoms with Crippen molar-refractivity contribution in [2.75, 3.05) is 0 Å². The van der Waals surface area contributed by atoms with Gasteiger partial charge in [0.15, 0.2) is 0 Å². The first-order valence-corrected chi connectivity index (χ1v) is 8.61. The van der Waals surface area contributed by atoms with Crippen molar-refractivity contribution in [2.24, 2.45) is 11.8 Å². The van der Waals surface area contributed by atoms with E-state index in [-0.39, 0.29) is 11.7 Å². The van der Waals surface area contributed by atoms with Gasteiger partial charge in [-0.15, -0.1) is 0 Å². The molecule has 1 aliphatic rings. The molecule has 1 unspecified atom stereocenters. The Kier molecular flexibility index (Phi) is 5.86. The molecule has 2 rings (SSSR count). The second kappa shape index (κ2) is 7.69. The van der Waals surface area contributed by atoms with E-state index < -0.39 is 23.3 Å². The fourth-order valence-corrected chi connectivity index (χ4v) is 3.57. The molecule has 0 aromatic heterocycles. The molecule has 1 fully saturated rings. The zero-order valence-electron chi connectivity index (χ0n) is 14.4. The number of carboxylic acid groups (broad SMARTS) is 1. The number of benzene rings is 1. The summed E-state index contributed by atoms with van der Waals surface area (Å²) in [6, 6.07) is 6.82. The highest BCUT2D eigenvalue weighted by atomic mass is 16.4. The maximum absolute atomic E-state index is 12.6. The lowest BCUT2D eigenvalue weighted by atomic mass is 9.79. The van der Waals surface area contributed by atoms with Crippen LogP contribution in [0.4, 0.5) is 0 Å². The summed E-state index contributed by atoms with van der Waals surface area (Å²) in [6.45, 7) is 3.77. The first kappa shape index (κ1) is 18.3. The Labute approximate surface area is 143 Å². The van der Waals surface area contributed by atoms with Crippen LogP contribution < -0.4 is 5.32 Å². The number of rotatable bonds is 6. The van der Waals surface area contributed by atoms with Crippen LogP contribution in [0.1, 0.15) is 51.5 Å². The van der Waals surface area contributed by atoms with Gasteiger partial charge in [-0.05, 0) is 56.7 Å². The van der Waals surface area contributed by atoms with Gasteiger partial charge in [0.1, 0.15) is 11.7 Å². The van der Waals surface area contributed by atoms with Crippen molar-refractivity contribution in [2.45, 2.75) is 57.9 Å². The second-order valence-electron chi connectivity index (χ2n) is 7.43. The Morgan fingerprint density at radius 2 is 1.75 bits per heavy atom. The largest absolute Gasteiger partial charge is 0.508 e. The molecule has 1 amide bonds. The predicted octanol–water partition coefficient (Wildman–Crippen LogP) is 3.11. The van der Waals surface area contributed by atoms with Crippen LogP contribution in [0.15, 0.2) is 24.3 Å². The number of hydrogen-bond acceptors (Lipinski definition) is 3. The molecule has 5 heteroatoms. The maximum Gasteiger partial charge on any atom is 0.316 e. The minimum absolute atomic E-state index is 0.0688. The van der Waals surface area contributed by atoms with E-state index in [2.05, 4.69) is 5.32 Å². The van der Waals surface area contributed by atoms with Crippen LogP contribution in [0, 0.1) is 11.8 Å². The molecular formula is C19H27NO4. The van der Waals surface area contributed by atoms with Gasteiger partial charge >= 0.3 is 5.97 Å². The molecule has 0 spiro atoms. The Bertz CT molecular complexity index is 574.